The second-order valence-corrected chi connectivity index (χ2v) is 3.74. The predicted molar refractivity (Wildman–Crippen MR) is 61.9 cm³/mol. The molecule has 1 rings (SSSR count). The fourth-order valence-corrected chi connectivity index (χ4v) is 1.36. The molecule has 2 N–H and O–H groups in total. The second-order valence-electron chi connectivity index (χ2n) is 2.90. The van der Waals surface area contributed by atoms with Crippen molar-refractivity contribution in [3.8, 4) is 5.75 Å². The zero-order chi connectivity index (χ0) is 11.1. The van der Waals surface area contributed by atoms with E-state index in [2.05, 4.69) is 5.32 Å². The van der Waals surface area contributed by atoms with Crippen LogP contribution in [0.2, 0.25) is 10.0 Å². The molecule has 0 aliphatic heterocycles. The van der Waals surface area contributed by atoms with Crippen molar-refractivity contribution in [2.75, 3.05) is 26.3 Å². The number of hydrogen-bond donors (Lipinski definition) is 2. The lowest BCUT2D eigenvalue weighted by Gasteiger charge is -2.08. The lowest BCUT2D eigenvalue weighted by atomic mass is 10.3. The summed E-state index contributed by atoms with van der Waals surface area (Å²) in [5.41, 5.74) is 0. The molecule has 0 spiro atoms. The summed E-state index contributed by atoms with van der Waals surface area (Å²) in [5, 5.41) is 12.6. The molecule has 0 aliphatic rings. The standard InChI is InChI=1S/C10H13Cl2NO2/c11-8-1-2-9(12)10(7-8)15-6-4-13-3-5-14/h1-2,7,13-14H,3-6H2. The number of benzene rings is 1. The van der Waals surface area contributed by atoms with E-state index in [0.717, 1.165) is 0 Å². The van der Waals surface area contributed by atoms with Crippen LogP contribution in [-0.2, 0) is 0 Å². The summed E-state index contributed by atoms with van der Waals surface area (Å²) >= 11 is 11.7. The van der Waals surface area contributed by atoms with E-state index < -0.39 is 0 Å². The van der Waals surface area contributed by atoms with E-state index >= 15 is 0 Å². The van der Waals surface area contributed by atoms with Crippen LogP contribution >= 0.6 is 23.2 Å². The van der Waals surface area contributed by atoms with Crippen molar-refractivity contribution in [1.29, 1.82) is 0 Å². The van der Waals surface area contributed by atoms with Gasteiger partial charge in [0.25, 0.3) is 0 Å². The van der Waals surface area contributed by atoms with E-state index in [1.807, 2.05) is 0 Å². The van der Waals surface area contributed by atoms with Crippen molar-refractivity contribution in [2.45, 2.75) is 0 Å². The molecule has 0 saturated carbocycles. The molecule has 0 atom stereocenters. The molecule has 0 bridgehead atoms. The smallest absolute Gasteiger partial charge is 0.139 e. The van der Waals surface area contributed by atoms with E-state index in [1.54, 1.807) is 18.2 Å². The molecule has 0 unspecified atom stereocenters. The molecule has 0 amide bonds. The van der Waals surface area contributed by atoms with E-state index in [4.69, 9.17) is 33.0 Å². The first-order chi connectivity index (χ1) is 7.24. The summed E-state index contributed by atoms with van der Waals surface area (Å²) in [6, 6.07) is 5.08. The second kappa shape index (κ2) is 6.90. The molecule has 1 aromatic carbocycles. The minimum atomic E-state index is 0.123. The van der Waals surface area contributed by atoms with Crippen LogP contribution in [0.1, 0.15) is 0 Å². The van der Waals surface area contributed by atoms with Gasteiger partial charge in [-0.05, 0) is 12.1 Å². The van der Waals surface area contributed by atoms with Crippen molar-refractivity contribution in [1.82, 2.24) is 5.32 Å². The molecule has 5 heteroatoms. The first-order valence-electron chi connectivity index (χ1n) is 4.63. The fourth-order valence-electron chi connectivity index (χ4n) is 1.03. The third-order valence-electron chi connectivity index (χ3n) is 1.72. The van der Waals surface area contributed by atoms with Gasteiger partial charge < -0.3 is 15.2 Å². The van der Waals surface area contributed by atoms with E-state index in [0.29, 0.717) is 35.5 Å². The van der Waals surface area contributed by atoms with Crippen molar-refractivity contribution in [3.63, 3.8) is 0 Å². The van der Waals surface area contributed by atoms with E-state index in [9.17, 15) is 0 Å². The Balaban J connectivity index is 2.33. The van der Waals surface area contributed by atoms with Crippen LogP contribution in [0.3, 0.4) is 0 Å². The zero-order valence-corrected chi connectivity index (χ0v) is 9.68. The third kappa shape index (κ3) is 4.71. The lowest BCUT2D eigenvalue weighted by molar-refractivity contribution is 0.276. The van der Waals surface area contributed by atoms with Gasteiger partial charge >= 0.3 is 0 Å². The fraction of sp³-hybridized carbons (Fsp3) is 0.400. The van der Waals surface area contributed by atoms with Crippen LogP contribution in [0.4, 0.5) is 0 Å². The first-order valence-corrected chi connectivity index (χ1v) is 5.39. The Morgan fingerprint density at radius 2 is 2.07 bits per heavy atom. The van der Waals surface area contributed by atoms with Gasteiger partial charge in [-0.3, -0.25) is 0 Å². The topological polar surface area (TPSA) is 41.5 Å². The third-order valence-corrected chi connectivity index (χ3v) is 2.27. The predicted octanol–water partition coefficient (Wildman–Crippen LogP) is 1.95. The highest BCUT2D eigenvalue weighted by Crippen LogP contribution is 2.27. The average molecular weight is 250 g/mol. The maximum atomic E-state index is 8.52. The molecular weight excluding hydrogens is 237 g/mol. The Morgan fingerprint density at radius 3 is 2.80 bits per heavy atom. The Labute approximate surface area is 99.0 Å². The summed E-state index contributed by atoms with van der Waals surface area (Å²) in [6.45, 7) is 1.83. The van der Waals surface area contributed by atoms with Crippen LogP contribution < -0.4 is 10.1 Å². The lowest BCUT2D eigenvalue weighted by Crippen LogP contribution is -2.24. The number of nitrogens with one attached hydrogen (secondary N) is 1. The van der Waals surface area contributed by atoms with Crippen LogP contribution in [0, 0.1) is 0 Å². The molecule has 0 aromatic heterocycles. The van der Waals surface area contributed by atoms with Crippen molar-refractivity contribution >= 4 is 23.2 Å². The molecule has 0 fully saturated rings. The molecule has 0 radical (unpaired) electrons. The summed E-state index contributed by atoms with van der Waals surface area (Å²) in [5.74, 6) is 0.579. The van der Waals surface area contributed by atoms with Gasteiger partial charge in [0.1, 0.15) is 12.4 Å². The van der Waals surface area contributed by atoms with Gasteiger partial charge in [0.05, 0.1) is 11.6 Å². The van der Waals surface area contributed by atoms with Crippen molar-refractivity contribution in [3.05, 3.63) is 28.2 Å². The zero-order valence-electron chi connectivity index (χ0n) is 8.17. The van der Waals surface area contributed by atoms with Gasteiger partial charge in [0, 0.05) is 24.2 Å². The Morgan fingerprint density at radius 1 is 1.27 bits per heavy atom. The summed E-state index contributed by atoms with van der Waals surface area (Å²) in [4.78, 5) is 0. The number of aliphatic hydroxyl groups excluding tert-OH is 1. The SMILES string of the molecule is OCCNCCOc1cc(Cl)ccc1Cl. The molecule has 15 heavy (non-hydrogen) atoms. The van der Waals surface area contributed by atoms with Gasteiger partial charge in [0.2, 0.25) is 0 Å². The molecule has 84 valence electrons. The molecule has 0 heterocycles. The number of hydrogen-bond acceptors (Lipinski definition) is 3. The van der Waals surface area contributed by atoms with Gasteiger partial charge in [-0.1, -0.05) is 23.2 Å². The number of ether oxygens (including phenoxy) is 1. The van der Waals surface area contributed by atoms with E-state index in [1.165, 1.54) is 0 Å². The summed E-state index contributed by atoms with van der Waals surface area (Å²) in [6.07, 6.45) is 0. The largest absolute Gasteiger partial charge is 0.491 e. The highest BCUT2D eigenvalue weighted by atomic mass is 35.5. The number of halogens is 2. The maximum absolute atomic E-state index is 8.52. The quantitative estimate of drug-likeness (QED) is 0.758. The van der Waals surface area contributed by atoms with Crippen molar-refractivity contribution in [2.24, 2.45) is 0 Å². The van der Waals surface area contributed by atoms with Crippen LogP contribution in [0.15, 0.2) is 18.2 Å². The minimum absolute atomic E-state index is 0.123. The van der Waals surface area contributed by atoms with Crippen LogP contribution in [-0.4, -0.2) is 31.4 Å². The Bertz CT molecular complexity index is 307. The monoisotopic (exact) mass is 249 g/mol. The van der Waals surface area contributed by atoms with Crippen LogP contribution in [0.25, 0.3) is 0 Å². The highest BCUT2D eigenvalue weighted by molar-refractivity contribution is 6.34. The Kier molecular flexibility index (Phi) is 5.79. The average Bonchev–Trinajstić information content (AvgIpc) is 2.23. The number of aliphatic hydroxyl groups is 1. The van der Waals surface area contributed by atoms with Gasteiger partial charge in [-0.25, -0.2) is 0 Å². The van der Waals surface area contributed by atoms with Gasteiger partial charge in [-0.2, -0.15) is 0 Å². The molecular formula is C10H13Cl2NO2. The molecule has 1 aromatic rings. The Hall–Kier alpha value is -0.480. The maximum Gasteiger partial charge on any atom is 0.139 e. The van der Waals surface area contributed by atoms with E-state index in [-0.39, 0.29) is 6.61 Å². The minimum Gasteiger partial charge on any atom is -0.491 e. The van der Waals surface area contributed by atoms with Crippen LogP contribution in [0.5, 0.6) is 5.75 Å². The molecule has 3 nitrogen and oxygen atoms in total. The normalized spacial score (nSPS) is 10.3. The number of rotatable bonds is 6. The van der Waals surface area contributed by atoms with Gasteiger partial charge in [0.15, 0.2) is 0 Å². The van der Waals surface area contributed by atoms with Crippen molar-refractivity contribution < 1.29 is 9.84 Å². The molecule has 0 saturated heterocycles. The van der Waals surface area contributed by atoms with Gasteiger partial charge in [-0.15, -0.1) is 0 Å². The highest BCUT2D eigenvalue weighted by Gasteiger charge is 2.01. The summed E-state index contributed by atoms with van der Waals surface area (Å²) in [7, 11) is 0. The first kappa shape index (κ1) is 12.6. The molecule has 0 aliphatic carbocycles. The summed E-state index contributed by atoms with van der Waals surface area (Å²) < 4.78 is 5.40.